The maximum atomic E-state index is 8.98. The van der Waals surface area contributed by atoms with E-state index < -0.39 is 0 Å². The highest BCUT2D eigenvalue weighted by molar-refractivity contribution is 7.96. The topological polar surface area (TPSA) is 53.6 Å². The van der Waals surface area contributed by atoms with Crippen LogP contribution in [-0.4, -0.2) is 22.6 Å². The van der Waals surface area contributed by atoms with E-state index in [9.17, 15) is 0 Å². The fraction of sp³-hybridized carbons (Fsp3) is 0.375. The molecule has 1 aliphatic heterocycles. The van der Waals surface area contributed by atoms with E-state index in [-0.39, 0.29) is 0 Å². The van der Waals surface area contributed by atoms with Gasteiger partial charge in [0.1, 0.15) is 0 Å². The van der Waals surface area contributed by atoms with Crippen LogP contribution in [0.5, 0.6) is 0 Å². The molecule has 1 unspecified atom stereocenters. The first-order valence-electron chi connectivity index (χ1n) is 7.04. The molecule has 0 amide bonds. The first-order chi connectivity index (χ1) is 10.2. The maximum Gasteiger partial charge on any atom is 0.0991 e. The van der Waals surface area contributed by atoms with Crippen molar-refractivity contribution < 1.29 is 0 Å². The zero-order valence-corrected chi connectivity index (χ0v) is 13.1. The summed E-state index contributed by atoms with van der Waals surface area (Å²) < 4.78 is 5.46. The van der Waals surface area contributed by atoms with Crippen molar-refractivity contribution in [3.8, 4) is 17.2 Å². The van der Waals surface area contributed by atoms with E-state index in [1.54, 1.807) is 11.9 Å². The van der Waals surface area contributed by atoms with Crippen LogP contribution in [0.2, 0.25) is 0 Å². The molecule has 0 saturated heterocycles. The Balaban J connectivity index is 1.89. The van der Waals surface area contributed by atoms with E-state index in [1.807, 2.05) is 24.4 Å². The SMILES string of the molecule is CSNCC1Cc2c(-c3ccc(C#N)cc3C)cnn2C1. The minimum atomic E-state index is 0.610. The summed E-state index contributed by atoms with van der Waals surface area (Å²) in [4.78, 5) is 0. The molecule has 1 aromatic carbocycles. The predicted octanol–water partition coefficient (Wildman–Crippen LogP) is 2.77. The van der Waals surface area contributed by atoms with Crippen LogP contribution in [-0.2, 0) is 13.0 Å². The molecule has 1 aliphatic rings. The van der Waals surface area contributed by atoms with Crippen LogP contribution < -0.4 is 4.72 Å². The lowest BCUT2D eigenvalue weighted by Crippen LogP contribution is -2.18. The Morgan fingerprint density at radius 1 is 1.48 bits per heavy atom. The van der Waals surface area contributed by atoms with Crippen LogP contribution in [0.4, 0.5) is 0 Å². The maximum absolute atomic E-state index is 8.98. The van der Waals surface area contributed by atoms with Gasteiger partial charge in [-0.1, -0.05) is 18.0 Å². The van der Waals surface area contributed by atoms with Gasteiger partial charge in [0, 0.05) is 24.3 Å². The lowest BCUT2D eigenvalue weighted by molar-refractivity contribution is 0.487. The van der Waals surface area contributed by atoms with E-state index in [0.717, 1.165) is 25.1 Å². The van der Waals surface area contributed by atoms with Crippen LogP contribution in [0.1, 0.15) is 16.8 Å². The highest BCUT2D eigenvalue weighted by atomic mass is 32.2. The van der Waals surface area contributed by atoms with Crippen molar-refractivity contribution in [2.45, 2.75) is 19.9 Å². The summed E-state index contributed by atoms with van der Waals surface area (Å²) in [6.45, 7) is 4.05. The number of nitriles is 1. The smallest absolute Gasteiger partial charge is 0.0991 e. The highest BCUT2D eigenvalue weighted by Gasteiger charge is 2.25. The fourth-order valence-electron chi connectivity index (χ4n) is 2.96. The Bertz CT molecular complexity index is 699. The fourth-order valence-corrected chi connectivity index (χ4v) is 3.37. The summed E-state index contributed by atoms with van der Waals surface area (Å²) in [6.07, 6.45) is 5.07. The standard InChI is InChI=1S/C16H18N4S/c1-11-5-12(7-17)3-4-14(11)15-9-18-20-10-13(6-16(15)20)8-19-21-2/h3-5,9,13,19H,6,8,10H2,1-2H3. The Labute approximate surface area is 129 Å². The van der Waals surface area contributed by atoms with Gasteiger partial charge < -0.3 is 0 Å². The molecule has 0 aliphatic carbocycles. The molecule has 2 heterocycles. The zero-order valence-electron chi connectivity index (χ0n) is 12.3. The van der Waals surface area contributed by atoms with Gasteiger partial charge in [0.15, 0.2) is 0 Å². The van der Waals surface area contributed by atoms with E-state index in [4.69, 9.17) is 5.26 Å². The van der Waals surface area contributed by atoms with Gasteiger partial charge in [0.25, 0.3) is 0 Å². The molecule has 2 aromatic rings. The van der Waals surface area contributed by atoms with Gasteiger partial charge in [0.2, 0.25) is 0 Å². The molecule has 0 bridgehead atoms. The van der Waals surface area contributed by atoms with Gasteiger partial charge in [0.05, 0.1) is 17.8 Å². The Hall–Kier alpha value is -1.77. The summed E-state index contributed by atoms with van der Waals surface area (Å²) in [7, 11) is 0. The van der Waals surface area contributed by atoms with Crippen molar-refractivity contribution in [3.05, 3.63) is 41.2 Å². The quantitative estimate of drug-likeness (QED) is 0.882. The van der Waals surface area contributed by atoms with Gasteiger partial charge >= 0.3 is 0 Å². The molecule has 3 rings (SSSR count). The molecule has 4 nitrogen and oxygen atoms in total. The predicted molar refractivity (Wildman–Crippen MR) is 85.8 cm³/mol. The molecule has 108 valence electrons. The van der Waals surface area contributed by atoms with Crippen molar-refractivity contribution in [1.82, 2.24) is 14.5 Å². The number of hydrogen-bond donors (Lipinski definition) is 1. The molecule has 0 radical (unpaired) electrons. The molecule has 5 heteroatoms. The minimum Gasteiger partial charge on any atom is -0.269 e. The van der Waals surface area contributed by atoms with E-state index in [0.29, 0.717) is 11.5 Å². The van der Waals surface area contributed by atoms with Crippen LogP contribution in [0.25, 0.3) is 11.1 Å². The van der Waals surface area contributed by atoms with Crippen LogP contribution in [0.15, 0.2) is 24.4 Å². The van der Waals surface area contributed by atoms with Crippen LogP contribution in [0, 0.1) is 24.2 Å². The number of benzene rings is 1. The summed E-state index contributed by atoms with van der Waals surface area (Å²) >= 11 is 1.67. The third-order valence-electron chi connectivity index (χ3n) is 4.02. The van der Waals surface area contributed by atoms with Gasteiger partial charge in [-0.15, -0.1) is 0 Å². The van der Waals surface area contributed by atoms with Crippen molar-refractivity contribution in [2.24, 2.45) is 5.92 Å². The summed E-state index contributed by atoms with van der Waals surface area (Å²) in [5, 5.41) is 13.5. The number of nitrogens with one attached hydrogen (secondary N) is 1. The summed E-state index contributed by atoms with van der Waals surface area (Å²) in [5.41, 5.74) is 5.56. The Morgan fingerprint density at radius 2 is 2.33 bits per heavy atom. The average Bonchev–Trinajstić information content (AvgIpc) is 3.05. The second-order valence-corrected chi connectivity index (χ2v) is 6.15. The summed E-state index contributed by atoms with van der Waals surface area (Å²) in [6, 6.07) is 8.06. The van der Waals surface area contributed by atoms with E-state index >= 15 is 0 Å². The third-order valence-corrected chi connectivity index (χ3v) is 4.48. The largest absolute Gasteiger partial charge is 0.269 e. The van der Waals surface area contributed by atoms with Crippen molar-refractivity contribution in [3.63, 3.8) is 0 Å². The molecular weight excluding hydrogens is 280 g/mol. The highest BCUT2D eigenvalue weighted by Crippen LogP contribution is 2.32. The number of aromatic nitrogens is 2. The number of aryl methyl sites for hydroxylation is 1. The van der Waals surface area contributed by atoms with Gasteiger partial charge in [-0.3, -0.25) is 9.40 Å². The van der Waals surface area contributed by atoms with Gasteiger partial charge in [-0.05, 0) is 48.8 Å². The van der Waals surface area contributed by atoms with E-state index in [1.165, 1.54) is 16.8 Å². The molecular formula is C16H18N4S. The molecule has 1 N–H and O–H groups in total. The van der Waals surface area contributed by atoms with Crippen LogP contribution >= 0.6 is 11.9 Å². The number of rotatable bonds is 4. The van der Waals surface area contributed by atoms with Gasteiger partial charge in [-0.25, -0.2) is 0 Å². The number of nitrogens with zero attached hydrogens (tertiary/aromatic N) is 3. The average molecular weight is 298 g/mol. The second-order valence-electron chi connectivity index (χ2n) is 5.45. The molecule has 0 fully saturated rings. The van der Waals surface area contributed by atoms with Gasteiger partial charge in [-0.2, -0.15) is 10.4 Å². The summed E-state index contributed by atoms with van der Waals surface area (Å²) in [5.74, 6) is 0.610. The lowest BCUT2D eigenvalue weighted by atomic mass is 9.97. The molecule has 0 saturated carbocycles. The van der Waals surface area contributed by atoms with Crippen molar-refractivity contribution in [2.75, 3.05) is 12.8 Å². The monoisotopic (exact) mass is 298 g/mol. The lowest BCUT2D eigenvalue weighted by Gasteiger charge is -2.09. The first kappa shape index (κ1) is 14.2. The second kappa shape index (κ2) is 5.92. The van der Waals surface area contributed by atoms with Crippen molar-refractivity contribution in [1.29, 1.82) is 5.26 Å². The van der Waals surface area contributed by atoms with E-state index in [2.05, 4.69) is 33.8 Å². The molecule has 1 aromatic heterocycles. The molecule has 21 heavy (non-hydrogen) atoms. The first-order valence-corrected chi connectivity index (χ1v) is 8.27. The number of hydrogen-bond acceptors (Lipinski definition) is 4. The van der Waals surface area contributed by atoms with Crippen LogP contribution in [0.3, 0.4) is 0 Å². The van der Waals surface area contributed by atoms with Crippen molar-refractivity contribution >= 4 is 11.9 Å². The normalized spacial score (nSPS) is 16.7. The molecule has 0 spiro atoms. The zero-order chi connectivity index (χ0) is 14.8. The Morgan fingerprint density at radius 3 is 3.05 bits per heavy atom. The number of fused-ring (bicyclic) bond motifs is 1. The minimum absolute atomic E-state index is 0.610. The third kappa shape index (κ3) is 2.69. The Kier molecular flexibility index (Phi) is 4.00. The molecule has 1 atom stereocenters.